The standard InChI is InChI=1S/C27H21Br2N.ClH/c28-23-17-9-7-15-21(23)25(19-11-3-1-4-12-19)27(30)26(20-13-5-2-6-14-20)22-16-8-10-18-24(22)29;/h1-18,25-26,30H;1H. The summed E-state index contributed by atoms with van der Waals surface area (Å²) in [6.07, 6.45) is 0. The third-order valence-corrected chi connectivity index (χ3v) is 6.76. The van der Waals surface area contributed by atoms with Gasteiger partial charge in [0.1, 0.15) is 0 Å². The molecular weight excluding hydrogens is 534 g/mol. The van der Waals surface area contributed by atoms with Crippen LogP contribution in [0.2, 0.25) is 0 Å². The lowest BCUT2D eigenvalue weighted by Crippen LogP contribution is -2.23. The molecule has 4 rings (SSSR count). The van der Waals surface area contributed by atoms with E-state index in [2.05, 4.69) is 80.4 Å². The van der Waals surface area contributed by atoms with Crippen molar-refractivity contribution in [2.75, 3.05) is 0 Å². The summed E-state index contributed by atoms with van der Waals surface area (Å²) in [7, 11) is 0. The molecule has 1 N–H and O–H groups in total. The van der Waals surface area contributed by atoms with Crippen LogP contribution in [0.4, 0.5) is 0 Å². The van der Waals surface area contributed by atoms with Crippen molar-refractivity contribution in [3.63, 3.8) is 0 Å². The number of hydrogen-bond acceptors (Lipinski definition) is 1. The van der Waals surface area contributed by atoms with E-state index in [1.165, 1.54) is 0 Å². The summed E-state index contributed by atoms with van der Waals surface area (Å²) in [4.78, 5) is 0. The van der Waals surface area contributed by atoms with Gasteiger partial charge in [-0.15, -0.1) is 12.4 Å². The fourth-order valence-corrected chi connectivity index (χ4v) is 4.96. The van der Waals surface area contributed by atoms with E-state index in [4.69, 9.17) is 0 Å². The zero-order valence-electron chi connectivity index (χ0n) is 16.7. The Balaban J connectivity index is 0.00000272. The zero-order valence-corrected chi connectivity index (χ0v) is 20.7. The van der Waals surface area contributed by atoms with Gasteiger partial charge in [0.05, 0.1) is 0 Å². The Kier molecular flexibility index (Phi) is 8.25. The second-order valence-electron chi connectivity index (χ2n) is 7.19. The maximum atomic E-state index is 9.50. The average molecular weight is 556 g/mol. The van der Waals surface area contributed by atoms with Gasteiger partial charge in [0.15, 0.2) is 0 Å². The molecule has 156 valence electrons. The third kappa shape index (κ3) is 5.17. The maximum absolute atomic E-state index is 9.50. The summed E-state index contributed by atoms with van der Waals surface area (Å²) in [5.41, 5.74) is 5.07. The molecule has 31 heavy (non-hydrogen) atoms. The molecule has 0 aromatic heterocycles. The summed E-state index contributed by atoms with van der Waals surface area (Å²) in [6.45, 7) is 0. The molecular formula is C27H22Br2ClN. The molecule has 0 aliphatic carbocycles. The van der Waals surface area contributed by atoms with Crippen molar-refractivity contribution >= 4 is 50.0 Å². The highest BCUT2D eigenvalue weighted by Crippen LogP contribution is 2.40. The first-order valence-corrected chi connectivity index (χ1v) is 11.4. The summed E-state index contributed by atoms with van der Waals surface area (Å²) >= 11 is 7.47. The molecule has 0 saturated heterocycles. The minimum atomic E-state index is -0.168. The Hall–Kier alpha value is -2.20. The molecule has 0 aliphatic heterocycles. The Morgan fingerprint density at radius 1 is 0.516 bits per heavy atom. The minimum Gasteiger partial charge on any atom is -0.308 e. The van der Waals surface area contributed by atoms with Crippen LogP contribution in [0.5, 0.6) is 0 Å². The van der Waals surface area contributed by atoms with Gasteiger partial charge in [0, 0.05) is 26.5 Å². The molecule has 2 unspecified atom stereocenters. The van der Waals surface area contributed by atoms with Crippen LogP contribution in [0.15, 0.2) is 118 Å². The van der Waals surface area contributed by atoms with Crippen molar-refractivity contribution in [2.24, 2.45) is 0 Å². The van der Waals surface area contributed by atoms with Crippen molar-refractivity contribution in [3.8, 4) is 0 Å². The van der Waals surface area contributed by atoms with Crippen LogP contribution < -0.4 is 0 Å². The first-order chi connectivity index (χ1) is 14.7. The van der Waals surface area contributed by atoms with Gasteiger partial charge in [-0.05, 0) is 34.4 Å². The normalized spacial score (nSPS) is 12.5. The van der Waals surface area contributed by atoms with E-state index in [0.717, 1.165) is 31.2 Å². The molecule has 0 amide bonds. The van der Waals surface area contributed by atoms with E-state index in [-0.39, 0.29) is 24.2 Å². The van der Waals surface area contributed by atoms with Crippen LogP contribution >= 0.6 is 44.3 Å². The Morgan fingerprint density at radius 2 is 0.839 bits per heavy atom. The van der Waals surface area contributed by atoms with E-state index < -0.39 is 0 Å². The molecule has 0 radical (unpaired) electrons. The molecule has 1 nitrogen and oxygen atoms in total. The van der Waals surface area contributed by atoms with E-state index in [1.54, 1.807) is 0 Å². The van der Waals surface area contributed by atoms with Crippen LogP contribution in [0.3, 0.4) is 0 Å². The van der Waals surface area contributed by atoms with Gasteiger partial charge in [-0.1, -0.05) is 129 Å². The van der Waals surface area contributed by atoms with Gasteiger partial charge < -0.3 is 5.41 Å². The average Bonchev–Trinajstić information content (AvgIpc) is 2.78. The zero-order chi connectivity index (χ0) is 20.9. The van der Waals surface area contributed by atoms with Crippen molar-refractivity contribution in [1.82, 2.24) is 0 Å². The number of hydrogen-bond donors (Lipinski definition) is 1. The van der Waals surface area contributed by atoms with Crippen LogP contribution in [-0.4, -0.2) is 5.71 Å². The highest BCUT2D eigenvalue weighted by Gasteiger charge is 2.30. The van der Waals surface area contributed by atoms with Gasteiger partial charge in [-0.3, -0.25) is 0 Å². The van der Waals surface area contributed by atoms with Crippen molar-refractivity contribution in [3.05, 3.63) is 140 Å². The van der Waals surface area contributed by atoms with Crippen LogP contribution in [0.25, 0.3) is 0 Å². The lowest BCUT2D eigenvalue weighted by molar-refractivity contribution is 0.944. The highest BCUT2D eigenvalue weighted by molar-refractivity contribution is 9.10. The van der Waals surface area contributed by atoms with Gasteiger partial charge in [0.2, 0.25) is 0 Å². The number of benzene rings is 4. The molecule has 0 fully saturated rings. The molecule has 0 heterocycles. The number of rotatable bonds is 6. The van der Waals surface area contributed by atoms with Crippen molar-refractivity contribution in [2.45, 2.75) is 11.8 Å². The van der Waals surface area contributed by atoms with Crippen LogP contribution in [0.1, 0.15) is 34.1 Å². The predicted molar refractivity (Wildman–Crippen MR) is 140 cm³/mol. The Morgan fingerprint density at radius 3 is 1.19 bits per heavy atom. The number of nitrogens with one attached hydrogen (secondary N) is 1. The predicted octanol–water partition coefficient (Wildman–Crippen LogP) is 8.62. The van der Waals surface area contributed by atoms with Crippen molar-refractivity contribution in [1.29, 1.82) is 5.41 Å². The smallest absolute Gasteiger partial charge is 0.0487 e. The van der Waals surface area contributed by atoms with E-state index in [0.29, 0.717) is 5.71 Å². The maximum Gasteiger partial charge on any atom is 0.0487 e. The van der Waals surface area contributed by atoms with Gasteiger partial charge in [0.25, 0.3) is 0 Å². The van der Waals surface area contributed by atoms with Gasteiger partial charge >= 0.3 is 0 Å². The first kappa shape index (κ1) is 23.5. The fraction of sp³-hybridized carbons (Fsp3) is 0.0741. The van der Waals surface area contributed by atoms with Crippen LogP contribution in [0, 0.1) is 5.41 Å². The monoisotopic (exact) mass is 553 g/mol. The molecule has 4 aromatic carbocycles. The minimum absolute atomic E-state index is 0. The van der Waals surface area contributed by atoms with Crippen molar-refractivity contribution < 1.29 is 0 Å². The SMILES string of the molecule is Cl.N=C(C(c1ccccc1)c1ccccc1Br)C(c1ccccc1)c1ccccc1Br. The summed E-state index contributed by atoms with van der Waals surface area (Å²) < 4.78 is 2.03. The Bertz CT molecular complexity index is 1060. The first-order valence-electron chi connectivity index (χ1n) is 9.84. The molecule has 0 aliphatic rings. The second kappa shape index (κ2) is 10.9. The molecule has 0 spiro atoms. The van der Waals surface area contributed by atoms with Gasteiger partial charge in [-0.25, -0.2) is 0 Å². The molecule has 4 heteroatoms. The molecule has 4 aromatic rings. The van der Waals surface area contributed by atoms with Gasteiger partial charge in [-0.2, -0.15) is 0 Å². The van der Waals surface area contributed by atoms with E-state index in [1.807, 2.05) is 60.7 Å². The summed E-state index contributed by atoms with van der Waals surface area (Å²) in [5, 5.41) is 9.50. The van der Waals surface area contributed by atoms with E-state index in [9.17, 15) is 5.41 Å². The Labute approximate surface area is 206 Å². The molecule has 0 bridgehead atoms. The van der Waals surface area contributed by atoms with Crippen LogP contribution in [-0.2, 0) is 0 Å². The summed E-state index contributed by atoms with van der Waals surface area (Å²) in [6, 6.07) is 37.1. The highest BCUT2D eigenvalue weighted by atomic mass is 79.9. The quantitative estimate of drug-likeness (QED) is 0.230. The lowest BCUT2D eigenvalue weighted by atomic mass is 9.76. The molecule has 2 atom stereocenters. The summed E-state index contributed by atoms with van der Waals surface area (Å²) in [5.74, 6) is -0.335. The lowest BCUT2D eigenvalue weighted by Gasteiger charge is -2.28. The fourth-order valence-electron chi connectivity index (χ4n) is 3.93. The topological polar surface area (TPSA) is 23.9 Å². The second-order valence-corrected chi connectivity index (χ2v) is 8.89. The number of halogens is 3. The molecule has 0 saturated carbocycles. The largest absolute Gasteiger partial charge is 0.308 e. The van der Waals surface area contributed by atoms with E-state index >= 15 is 0 Å². The third-order valence-electron chi connectivity index (χ3n) is 5.32.